The van der Waals surface area contributed by atoms with E-state index in [-0.39, 0.29) is 34.0 Å². The lowest BCUT2D eigenvalue weighted by molar-refractivity contribution is -0.384. The van der Waals surface area contributed by atoms with Crippen LogP contribution in [0.3, 0.4) is 0 Å². The summed E-state index contributed by atoms with van der Waals surface area (Å²) in [4.78, 5) is 41.7. The first-order valence-corrected chi connectivity index (χ1v) is 24.9. The number of carbonyl (C=O) groups excluding carboxylic acids is 1. The minimum atomic E-state index is -4.61. The normalized spacial score (nSPS) is 21.5. The van der Waals surface area contributed by atoms with Crippen LogP contribution in [-0.2, 0) is 14.8 Å². The molecule has 2 atom stereocenters. The van der Waals surface area contributed by atoms with E-state index in [1.165, 1.54) is 11.1 Å². The Bertz CT molecular complexity index is 2700. The number of nitrogens with one attached hydrogen (secondary N) is 3. The van der Waals surface area contributed by atoms with Crippen molar-refractivity contribution in [2.24, 2.45) is 16.7 Å². The van der Waals surface area contributed by atoms with Crippen LogP contribution in [0.1, 0.15) is 119 Å². The number of hydrogen-bond acceptors (Lipinski definition) is 12. The number of nitrogens with zero attached hydrogens (tertiary/aromatic N) is 5. The fourth-order valence-corrected chi connectivity index (χ4v) is 11.8. The summed E-state index contributed by atoms with van der Waals surface area (Å²) in [5, 5.41) is 16.1. The van der Waals surface area contributed by atoms with Gasteiger partial charge in [0.1, 0.15) is 22.0 Å². The van der Waals surface area contributed by atoms with Crippen molar-refractivity contribution in [2.75, 3.05) is 43.1 Å². The molecular formula is C50H62N8O7S. The zero-order valence-electron chi connectivity index (χ0n) is 38.6. The molecule has 1 amide bonds. The van der Waals surface area contributed by atoms with Gasteiger partial charge in [-0.15, -0.1) is 0 Å². The maximum atomic E-state index is 14.0. The summed E-state index contributed by atoms with van der Waals surface area (Å²) in [5.74, 6) is 0.286. The summed E-state index contributed by atoms with van der Waals surface area (Å²) in [5.41, 5.74) is 4.28. The fraction of sp³-hybridized carbons (Fsp3) is 0.500. The maximum absolute atomic E-state index is 14.0. The van der Waals surface area contributed by atoms with Gasteiger partial charge in [-0.3, -0.25) is 19.8 Å². The molecule has 1 spiro atoms. The van der Waals surface area contributed by atoms with Crippen molar-refractivity contribution < 1.29 is 27.6 Å². The standard InChI is InChI=1S/C50H62N8O7S/c1-32(2)40-8-6-7-9-41(40)44-31-64-30-33(3)57(44)37-25-50(26-37)17-20-56(21-18-50)36-10-11-42(45(23-36)65-38-22-35-14-19-51-46(35)53-28-38)48(59)55-66(62,63)39-24-43(58(60)61)47(54-29-39)52-27-34-12-15-49(4,5)16-13-34/h6-11,14,19,22-24,28-29,32-34,37,44H,12-13,15-18,20-21,25-27,30-31H2,1-5H3,(H,51,53)(H,52,54)(H,55,59)/t33?,44-/m1/s1. The number of anilines is 2. The quantitative estimate of drug-likeness (QED) is 0.0752. The van der Waals surface area contributed by atoms with Gasteiger partial charge in [0.15, 0.2) is 0 Å². The molecular weight excluding hydrogens is 857 g/mol. The number of benzene rings is 2. The Morgan fingerprint density at radius 1 is 1.00 bits per heavy atom. The topological polar surface area (TPSA) is 185 Å². The van der Waals surface area contributed by atoms with E-state index in [1.54, 1.807) is 30.6 Å². The Morgan fingerprint density at radius 2 is 1.76 bits per heavy atom. The molecule has 15 nitrogen and oxygen atoms in total. The van der Waals surface area contributed by atoms with E-state index in [1.807, 2.05) is 12.1 Å². The molecule has 2 aliphatic heterocycles. The Balaban J connectivity index is 0.903. The van der Waals surface area contributed by atoms with Crippen LogP contribution in [-0.4, -0.2) is 84.0 Å². The van der Waals surface area contributed by atoms with Gasteiger partial charge in [-0.2, -0.15) is 0 Å². The lowest BCUT2D eigenvalue weighted by Crippen LogP contribution is -2.60. The predicted octanol–water partition coefficient (Wildman–Crippen LogP) is 9.74. The molecule has 5 heterocycles. The smallest absolute Gasteiger partial charge is 0.312 e. The number of aromatic amines is 1. The van der Waals surface area contributed by atoms with Crippen LogP contribution in [0.4, 0.5) is 17.2 Å². The highest BCUT2D eigenvalue weighted by molar-refractivity contribution is 7.90. The average Bonchev–Trinajstić information content (AvgIpc) is 3.76. The first kappa shape index (κ1) is 45.6. The molecule has 350 valence electrons. The van der Waals surface area contributed by atoms with Crippen molar-refractivity contribution in [3.63, 3.8) is 0 Å². The van der Waals surface area contributed by atoms with E-state index < -0.39 is 31.4 Å². The molecule has 0 bridgehead atoms. The zero-order chi connectivity index (χ0) is 46.4. The molecule has 3 aromatic heterocycles. The van der Waals surface area contributed by atoms with Gasteiger partial charge in [-0.1, -0.05) is 52.0 Å². The van der Waals surface area contributed by atoms with Crippen LogP contribution in [0.2, 0.25) is 0 Å². The largest absolute Gasteiger partial charge is 0.455 e. The van der Waals surface area contributed by atoms with E-state index in [2.05, 4.69) is 93.7 Å². The first-order valence-electron chi connectivity index (χ1n) is 23.5. The number of carbonyl (C=O) groups is 1. The molecule has 2 aliphatic carbocycles. The van der Waals surface area contributed by atoms with E-state index >= 15 is 0 Å². The number of H-pyrrole nitrogens is 1. The number of pyridine rings is 2. The third kappa shape index (κ3) is 9.50. The predicted molar refractivity (Wildman–Crippen MR) is 255 cm³/mol. The van der Waals surface area contributed by atoms with Crippen LogP contribution < -0.4 is 19.7 Å². The highest BCUT2D eigenvalue weighted by Gasteiger charge is 2.51. The Hall–Kier alpha value is -5.58. The van der Waals surface area contributed by atoms with Crippen molar-refractivity contribution in [2.45, 2.75) is 115 Å². The molecule has 0 radical (unpaired) electrons. The Kier molecular flexibility index (Phi) is 12.6. The lowest BCUT2D eigenvalue weighted by atomic mass is 9.59. The van der Waals surface area contributed by atoms with E-state index in [4.69, 9.17) is 9.47 Å². The zero-order valence-corrected chi connectivity index (χ0v) is 39.4. The molecule has 3 N–H and O–H groups in total. The number of sulfonamides is 1. The second-order valence-corrected chi connectivity index (χ2v) is 22.0. The summed E-state index contributed by atoms with van der Waals surface area (Å²) in [7, 11) is -4.61. The van der Waals surface area contributed by atoms with Crippen molar-refractivity contribution in [3.8, 4) is 11.5 Å². The van der Waals surface area contributed by atoms with Gasteiger partial charge in [0, 0.05) is 61.1 Å². The van der Waals surface area contributed by atoms with Gasteiger partial charge in [0.2, 0.25) is 5.82 Å². The number of aromatic nitrogens is 3. The van der Waals surface area contributed by atoms with Crippen LogP contribution in [0.25, 0.3) is 11.0 Å². The Morgan fingerprint density at radius 3 is 2.50 bits per heavy atom. The summed E-state index contributed by atoms with van der Waals surface area (Å²) in [6, 6.07) is 19.6. The van der Waals surface area contributed by atoms with Gasteiger partial charge in [-0.05, 0) is 116 Å². The molecule has 4 fully saturated rings. The number of ether oxygens (including phenoxy) is 2. The SMILES string of the molecule is CC(C)c1ccccc1[C@H]1COCC(C)N1C1CC2(CCN(c3ccc(C(=O)NS(=O)(=O)c4cnc(NCC5CCC(C)(C)CC5)c([N+](=O)[O-])c4)c(Oc4cnc5[nH]ccc5c4)c3)CC2)C1. The molecule has 2 aromatic carbocycles. The first-order chi connectivity index (χ1) is 31.6. The molecule has 66 heavy (non-hydrogen) atoms. The summed E-state index contributed by atoms with van der Waals surface area (Å²) in [6.45, 7) is 14.9. The fourth-order valence-electron chi connectivity index (χ4n) is 10.9. The highest BCUT2D eigenvalue weighted by atomic mass is 32.2. The summed E-state index contributed by atoms with van der Waals surface area (Å²) in [6.07, 6.45) is 12.8. The van der Waals surface area contributed by atoms with E-state index in [9.17, 15) is 23.3 Å². The number of hydrogen-bond donors (Lipinski definition) is 3. The third-order valence-electron chi connectivity index (χ3n) is 14.8. The average molecular weight is 919 g/mol. The second kappa shape index (κ2) is 18.2. The third-order valence-corrected chi connectivity index (χ3v) is 16.1. The van der Waals surface area contributed by atoms with Crippen LogP contribution in [0, 0.1) is 26.9 Å². The summed E-state index contributed by atoms with van der Waals surface area (Å²) >= 11 is 0. The monoisotopic (exact) mass is 918 g/mol. The molecule has 4 aliphatic rings. The minimum Gasteiger partial charge on any atom is -0.455 e. The van der Waals surface area contributed by atoms with Gasteiger partial charge in [-0.25, -0.2) is 23.1 Å². The van der Waals surface area contributed by atoms with Crippen molar-refractivity contribution in [1.29, 1.82) is 0 Å². The van der Waals surface area contributed by atoms with Gasteiger partial charge in [0.05, 0.1) is 42.1 Å². The number of morpholine rings is 1. The van der Waals surface area contributed by atoms with Crippen LogP contribution in [0.5, 0.6) is 11.5 Å². The van der Waals surface area contributed by atoms with Crippen LogP contribution >= 0.6 is 0 Å². The molecule has 5 aromatic rings. The number of fused-ring (bicyclic) bond motifs is 1. The molecule has 1 unspecified atom stereocenters. The van der Waals surface area contributed by atoms with Gasteiger partial charge in [0.25, 0.3) is 15.9 Å². The molecule has 2 saturated heterocycles. The minimum absolute atomic E-state index is 0.0151. The van der Waals surface area contributed by atoms with Gasteiger partial charge < -0.3 is 24.7 Å². The maximum Gasteiger partial charge on any atom is 0.312 e. The second-order valence-electron chi connectivity index (χ2n) is 20.3. The van der Waals surface area contributed by atoms with Crippen molar-refractivity contribution in [1.82, 2.24) is 24.6 Å². The van der Waals surface area contributed by atoms with E-state index in [0.717, 1.165) is 94.4 Å². The molecule has 2 saturated carbocycles. The highest BCUT2D eigenvalue weighted by Crippen LogP contribution is 2.54. The van der Waals surface area contributed by atoms with Crippen molar-refractivity contribution >= 4 is 44.2 Å². The Labute approximate surface area is 387 Å². The van der Waals surface area contributed by atoms with Gasteiger partial charge >= 0.3 is 5.69 Å². The molecule has 9 rings (SSSR count). The molecule has 16 heteroatoms. The lowest BCUT2D eigenvalue weighted by Gasteiger charge is -2.59. The number of amides is 1. The summed E-state index contributed by atoms with van der Waals surface area (Å²) < 4.78 is 42.1. The van der Waals surface area contributed by atoms with Crippen molar-refractivity contribution in [3.05, 3.63) is 106 Å². The number of rotatable bonds is 13. The van der Waals surface area contributed by atoms with E-state index in [0.29, 0.717) is 48.5 Å². The number of nitro groups is 1. The van der Waals surface area contributed by atoms with Crippen LogP contribution in [0.15, 0.2) is 84.1 Å². The number of piperidine rings is 1.